The van der Waals surface area contributed by atoms with E-state index in [-0.39, 0.29) is 0 Å². The van der Waals surface area contributed by atoms with E-state index in [2.05, 4.69) is 34.1 Å². The second kappa shape index (κ2) is 3.49. The summed E-state index contributed by atoms with van der Waals surface area (Å²) in [5.74, 6) is 2.00. The summed E-state index contributed by atoms with van der Waals surface area (Å²) in [6.07, 6.45) is 1.79. The normalized spacial score (nSPS) is 11.3. The van der Waals surface area contributed by atoms with E-state index in [1.165, 1.54) is 0 Å². The molecular weight excluding hydrogens is 190 g/mol. The predicted molar refractivity (Wildman–Crippen MR) is 57.4 cm³/mol. The summed E-state index contributed by atoms with van der Waals surface area (Å²) in [6, 6.07) is 0. The van der Waals surface area contributed by atoms with E-state index in [0.717, 1.165) is 22.9 Å². The monoisotopic (exact) mass is 205 g/mol. The molecule has 1 N–H and O–H groups in total. The van der Waals surface area contributed by atoms with E-state index in [4.69, 9.17) is 0 Å². The van der Waals surface area contributed by atoms with Gasteiger partial charge in [-0.1, -0.05) is 13.8 Å². The van der Waals surface area contributed by atoms with Gasteiger partial charge in [-0.25, -0.2) is 4.98 Å². The standard InChI is InChI=1S/C10H15N5/c1-6(2)9-12-10(14-13-9)8-5-11-15(4)7(8)3/h5-6H,1-4H3,(H,12,13,14). The van der Waals surface area contributed by atoms with Gasteiger partial charge in [-0.3, -0.25) is 9.78 Å². The number of H-pyrrole nitrogens is 1. The Hall–Kier alpha value is -1.65. The van der Waals surface area contributed by atoms with Crippen LogP contribution in [0, 0.1) is 6.92 Å². The second-order valence-corrected chi connectivity index (χ2v) is 3.97. The Labute approximate surface area is 88.5 Å². The number of rotatable bonds is 2. The van der Waals surface area contributed by atoms with Gasteiger partial charge in [-0.2, -0.15) is 10.2 Å². The lowest BCUT2D eigenvalue weighted by Crippen LogP contribution is -1.93. The van der Waals surface area contributed by atoms with E-state index in [9.17, 15) is 0 Å². The van der Waals surface area contributed by atoms with E-state index >= 15 is 0 Å². The molecule has 0 amide bonds. The minimum absolute atomic E-state index is 0.364. The molecule has 0 unspecified atom stereocenters. The fourth-order valence-corrected chi connectivity index (χ4v) is 1.37. The maximum Gasteiger partial charge on any atom is 0.184 e. The van der Waals surface area contributed by atoms with Crippen molar-refractivity contribution < 1.29 is 0 Å². The molecule has 2 aromatic heterocycles. The van der Waals surface area contributed by atoms with Gasteiger partial charge in [0.1, 0.15) is 5.82 Å². The summed E-state index contributed by atoms with van der Waals surface area (Å²) < 4.78 is 1.82. The lowest BCUT2D eigenvalue weighted by molar-refractivity contribution is 0.740. The topological polar surface area (TPSA) is 59.4 Å². The van der Waals surface area contributed by atoms with Gasteiger partial charge in [0.15, 0.2) is 5.82 Å². The molecule has 0 bridgehead atoms. The lowest BCUT2D eigenvalue weighted by atomic mass is 10.2. The van der Waals surface area contributed by atoms with Crippen LogP contribution in [0.1, 0.15) is 31.3 Å². The molecule has 0 fully saturated rings. The van der Waals surface area contributed by atoms with Crippen LogP contribution < -0.4 is 0 Å². The predicted octanol–water partition coefficient (Wildman–Crippen LogP) is 1.64. The van der Waals surface area contributed by atoms with Crippen LogP contribution in [0.25, 0.3) is 11.4 Å². The molecule has 15 heavy (non-hydrogen) atoms. The molecule has 2 rings (SSSR count). The third-order valence-electron chi connectivity index (χ3n) is 2.53. The molecule has 0 radical (unpaired) electrons. The average Bonchev–Trinajstić information content (AvgIpc) is 2.76. The van der Waals surface area contributed by atoms with Crippen molar-refractivity contribution in [2.24, 2.45) is 7.05 Å². The van der Waals surface area contributed by atoms with Crippen molar-refractivity contribution in [2.75, 3.05) is 0 Å². The zero-order valence-corrected chi connectivity index (χ0v) is 9.44. The number of hydrogen-bond acceptors (Lipinski definition) is 3. The molecule has 5 heteroatoms. The Morgan fingerprint density at radius 2 is 2.13 bits per heavy atom. The summed E-state index contributed by atoms with van der Waals surface area (Å²) >= 11 is 0. The zero-order valence-electron chi connectivity index (χ0n) is 9.44. The fourth-order valence-electron chi connectivity index (χ4n) is 1.37. The number of aromatic amines is 1. The van der Waals surface area contributed by atoms with Crippen molar-refractivity contribution in [3.8, 4) is 11.4 Å². The molecule has 0 aliphatic heterocycles. The van der Waals surface area contributed by atoms with Crippen LogP contribution in [0.3, 0.4) is 0 Å². The number of nitrogens with zero attached hydrogens (tertiary/aromatic N) is 4. The maximum absolute atomic E-state index is 4.43. The minimum atomic E-state index is 0.364. The van der Waals surface area contributed by atoms with E-state index in [1.54, 1.807) is 6.20 Å². The van der Waals surface area contributed by atoms with E-state index < -0.39 is 0 Å². The first-order chi connectivity index (χ1) is 7.09. The number of nitrogens with one attached hydrogen (secondary N) is 1. The Morgan fingerprint density at radius 1 is 1.40 bits per heavy atom. The SMILES string of the molecule is Cc1c(-c2n[nH]c(C(C)C)n2)cnn1C. The van der Waals surface area contributed by atoms with Gasteiger partial charge in [-0.05, 0) is 6.92 Å². The Bertz CT molecular complexity index is 466. The highest BCUT2D eigenvalue weighted by atomic mass is 15.3. The molecule has 5 nitrogen and oxygen atoms in total. The highest BCUT2D eigenvalue weighted by Gasteiger charge is 2.12. The van der Waals surface area contributed by atoms with Crippen LogP contribution in [0.2, 0.25) is 0 Å². The minimum Gasteiger partial charge on any atom is -0.272 e. The second-order valence-electron chi connectivity index (χ2n) is 3.97. The summed E-state index contributed by atoms with van der Waals surface area (Å²) in [5.41, 5.74) is 2.06. The highest BCUT2D eigenvalue weighted by Crippen LogP contribution is 2.19. The van der Waals surface area contributed by atoms with Gasteiger partial charge >= 0.3 is 0 Å². The first kappa shape index (κ1) is 9.89. The third kappa shape index (κ3) is 1.65. The first-order valence-electron chi connectivity index (χ1n) is 5.01. The van der Waals surface area contributed by atoms with Crippen molar-refractivity contribution in [3.05, 3.63) is 17.7 Å². The molecule has 80 valence electrons. The van der Waals surface area contributed by atoms with Crippen LogP contribution in [-0.2, 0) is 7.05 Å². The van der Waals surface area contributed by atoms with Crippen molar-refractivity contribution in [1.29, 1.82) is 0 Å². The van der Waals surface area contributed by atoms with Gasteiger partial charge in [-0.15, -0.1) is 0 Å². The van der Waals surface area contributed by atoms with Crippen molar-refractivity contribution >= 4 is 0 Å². The molecule has 0 spiro atoms. The summed E-state index contributed by atoms with van der Waals surface area (Å²) in [7, 11) is 1.91. The average molecular weight is 205 g/mol. The molecule has 0 saturated carbocycles. The summed E-state index contributed by atoms with van der Waals surface area (Å²) in [5, 5.41) is 11.3. The molecule has 0 aliphatic carbocycles. The number of aryl methyl sites for hydroxylation is 1. The number of hydrogen-bond donors (Lipinski definition) is 1. The highest BCUT2D eigenvalue weighted by molar-refractivity contribution is 5.56. The summed E-state index contributed by atoms with van der Waals surface area (Å²) in [6.45, 7) is 6.18. The largest absolute Gasteiger partial charge is 0.272 e. The molecule has 2 heterocycles. The van der Waals surface area contributed by atoms with Crippen LogP contribution >= 0.6 is 0 Å². The molecule has 0 aromatic carbocycles. The third-order valence-corrected chi connectivity index (χ3v) is 2.53. The fraction of sp³-hybridized carbons (Fsp3) is 0.500. The molecule has 2 aromatic rings. The molecular formula is C10H15N5. The molecule has 0 saturated heterocycles. The van der Waals surface area contributed by atoms with Crippen LogP contribution in [0.15, 0.2) is 6.20 Å². The molecule has 0 atom stereocenters. The Kier molecular flexibility index (Phi) is 2.30. The van der Waals surface area contributed by atoms with Crippen LogP contribution in [0.5, 0.6) is 0 Å². The summed E-state index contributed by atoms with van der Waals surface area (Å²) in [4.78, 5) is 4.43. The molecule has 0 aliphatic rings. The van der Waals surface area contributed by atoms with E-state index in [1.807, 2.05) is 18.7 Å². The van der Waals surface area contributed by atoms with Crippen LogP contribution in [0.4, 0.5) is 0 Å². The lowest BCUT2D eigenvalue weighted by Gasteiger charge is -1.96. The Morgan fingerprint density at radius 3 is 2.60 bits per heavy atom. The maximum atomic E-state index is 4.43. The van der Waals surface area contributed by atoms with E-state index in [0.29, 0.717) is 5.92 Å². The van der Waals surface area contributed by atoms with Gasteiger partial charge < -0.3 is 0 Å². The van der Waals surface area contributed by atoms with Gasteiger partial charge in [0.25, 0.3) is 0 Å². The first-order valence-corrected chi connectivity index (χ1v) is 5.01. The van der Waals surface area contributed by atoms with Crippen molar-refractivity contribution in [3.63, 3.8) is 0 Å². The van der Waals surface area contributed by atoms with Crippen molar-refractivity contribution in [1.82, 2.24) is 25.0 Å². The smallest absolute Gasteiger partial charge is 0.184 e. The van der Waals surface area contributed by atoms with Gasteiger partial charge in [0.2, 0.25) is 0 Å². The Balaban J connectivity index is 2.41. The van der Waals surface area contributed by atoms with Crippen molar-refractivity contribution in [2.45, 2.75) is 26.7 Å². The van der Waals surface area contributed by atoms with Gasteiger partial charge in [0, 0.05) is 18.7 Å². The quantitative estimate of drug-likeness (QED) is 0.810. The van der Waals surface area contributed by atoms with Crippen LogP contribution in [-0.4, -0.2) is 25.0 Å². The zero-order chi connectivity index (χ0) is 11.0. The number of aromatic nitrogens is 5. The van der Waals surface area contributed by atoms with Gasteiger partial charge in [0.05, 0.1) is 11.8 Å².